The monoisotopic (exact) mass is 366 g/mol. The molecule has 0 fully saturated rings. The van der Waals surface area contributed by atoms with Crippen LogP contribution in [-0.2, 0) is 22.5 Å². The molecule has 1 aromatic carbocycles. The van der Waals surface area contributed by atoms with E-state index < -0.39 is 5.60 Å². The van der Waals surface area contributed by atoms with Crippen molar-refractivity contribution in [1.29, 1.82) is 0 Å². The minimum absolute atomic E-state index is 0.0578. The Balaban J connectivity index is 1.70. The van der Waals surface area contributed by atoms with E-state index in [1.54, 1.807) is 20.0 Å². The number of aliphatic imine (C=N–C) groups is 1. The van der Waals surface area contributed by atoms with E-state index in [-0.39, 0.29) is 24.5 Å². The summed E-state index contributed by atoms with van der Waals surface area (Å²) in [6, 6.07) is 11.6. The van der Waals surface area contributed by atoms with Crippen LogP contribution in [0.2, 0.25) is 0 Å². The number of rotatable bonds is 7. The number of ketones is 1. The number of aromatic nitrogens is 1. The average Bonchev–Trinajstić information content (AvgIpc) is 3.02. The smallest absolute Gasteiger partial charge is 0.218 e. The number of fused-ring (bicyclic) bond motifs is 1. The number of hydrogen-bond donors (Lipinski definition) is 1. The first-order chi connectivity index (χ1) is 12.9. The van der Waals surface area contributed by atoms with Gasteiger partial charge in [-0.2, -0.15) is 0 Å². The quantitative estimate of drug-likeness (QED) is 0.815. The summed E-state index contributed by atoms with van der Waals surface area (Å²) in [6.45, 7) is 6.55. The molecule has 0 amide bonds. The van der Waals surface area contributed by atoms with Crippen LogP contribution >= 0.6 is 0 Å². The Morgan fingerprint density at radius 3 is 2.70 bits per heavy atom. The molecular weight excluding hydrogens is 340 g/mol. The summed E-state index contributed by atoms with van der Waals surface area (Å²) in [5.74, 6) is 0.431. The molecular formula is C22H26N2O3. The van der Waals surface area contributed by atoms with Gasteiger partial charge in [0.05, 0.1) is 24.3 Å². The molecule has 1 atom stereocenters. The molecule has 1 aromatic heterocycles. The third-order valence-corrected chi connectivity index (χ3v) is 4.82. The lowest BCUT2D eigenvalue weighted by Crippen LogP contribution is -2.31. The van der Waals surface area contributed by atoms with Crippen molar-refractivity contribution in [3.05, 3.63) is 65.0 Å². The second-order valence-electron chi connectivity index (χ2n) is 7.42. The van der Waals surface area contributed by atoms with Crippen molar-refractivity contribution in [2.45, 2.75) is 51.7 Å². The molecule has 1 aliphatic rings. The molecule has 0 unspecified atom stereocenters. The van der Waals surface area contributed by atoms with E-state index in [1.165, 1.54) is 0 Å². The highest BCUT2D eigenvalue weighted by atomic mass is 16.5. The number of hydrogen-bond acceptors (Lipinski definition) is 5. The lowest BCUT2D eigenvalue weighted by molar-refractivity contribution is -0.120. The molecule has 2 heterocycles. The van der Waals surface area contributed by atoms with Gasteiger partial charge < -0.3 is 9.84 Å². The van der Waals surface area contributed by atoms with Crippen LogP contribution in [0, 0.1) is 0 Å². The van der Waals surface area contributed by atoms with Gasteiger partial charge in [-0.3, -0.25) is 9.78 Å². The number of ether oxygens (including phenoxy) is 1. The second-order valence-corrected chi connectivity index (χ2v) is 7.42. The molecule has 0 spiro atoms. The van der Waals surface area contributed by atoms with E-state index in [2.05, 4.69) is 9.98 Å². The number of carbonyl (C=O) groups is 1. The van der Waals surface area contributed by atoms with Crippen molar-refractivity contribution >= 4 is 11.7 Å². The van der Waals surface area contributed by atoms with Crippen LogP contribution in [0.3, 0.4) is 0 Å². The van der Waals surface area contributed by atoms with E-state index in [0.717, 1.165) is 22.4 Å². The SMILES string of the molecule is CCOC1=NCc2cc(CC(=O)C[C@@H](c3ccccc3)C(C)(C)O)ncc21. The molecule has 5 nitrogen and oxygen atoms in total. The number of carbonyl (C=O) groups excluding carboxylic acids is 1. The van der Waals surface area contributed by atoms with Gasteiger partial charge in [0.25, 0.3) is 0 Å². The molecule has 0 saturated carbocycles. The van der Waals surface area contributed by atoms with Crippen molar-refractivity contribution in [3.8, 4) is 0 Å². The maximum atomic E-state index is 12.7. The van der Waals surface area contributed by atoms with E-state index in [0.29, 0.717) is 19.0 Å². The van der Waals surface area contributed by atoms with Crippen LogP contribution in [0.1, 0.15) is 55.5 Å². The van der Waals surface area contributed by atoms with Crippen LogP contribution in [0.5, 0.6) is 0 Å². The maximum absolute atomic E-state index is 12.7. The molecule has 142 valence electrons. The predicted octanol–water partition coefficient (Wildman–Crippen LogP) is 3.43. The Labute approximate surface area is 160 Å². The molecule has 2 aromatic rings. The van der Waals surface area contributed by atoms with Crippen LogP contribution in [0.15, 0.2) is 47.6 Å². The Kier molecular flexibility index (Phi) is 5.71. The molecule has 1 aliphatic heterocycles. The summed E-state index contributed by atoms with van der Waals surface area (Å²) in [5, 5.41) is 10.6. The van der Waals surface area contributed by atoms with E-state index in [1.807, 2.05) is 43.3 Å². The summed E-state index contributed by atoms with van der Waals surface area (Å²) in [6.07, 6.45) is 2.26. The lowest BCUT2D eigenvalue weighted by Gasteiger charge is -2.29. The molecule has 0 saturated heterocycles. The number of benzene rings is 1. The van der Waals surface area contributed by atoms with Crippen molar-refractivity contribution in [2.75, 3.05) is 6.61 Å². The summed E-state index contributed by atoms with van der Waals surface area (Å²) < 4.78 is 5.50. The number of pyridine rings is 1. The summed E-state index contributed by atoms with van der Waals surface area (Å²) >= 11 is 0. The fraction of sp³-hybridized carbons (Fsp3) is 0.409. The molecule has 0 aliphatic carbocycles. The topological polar surface area (TPSA) is 71.8 Å². The number of Topliss-reactive ketones (excluding diaryl/α,β-unsaturated/α-hetero) is 1. The Morgan fingerprint density at radius 2 is 2.04 bits per heavy atom. The Bertz CT molecular complexity index is 838. The zero-order chi connectivity index (χ0) is 19.4. The molecule has 1 N–H and O–H groups in total. The number of nitrogens with zero attached hydrogens (tertiary/aromatic N) is 2. The van der Waals surface area contributed by atoms with Gasteiger partial charge in [-0.05, 0) is 38.0 Å². The highest BCUT2D eigenvalue weighted by Gasteiger charge is 2.30. The first kappa shape index (κ1) is 19.2. The molecule has 0 radical (unpaired) electrons. The van der Waals surface area contributed by atoms with Crippen molar-refractivity contribution in [3.63, 3.8) is 0 Å². The van der Waals surface area contributed by atoms with Gasteiger partial charge in [-0.1, -0.05) is 30.3 Å². The van der Waals surface area contributed by atoms with Crippen molar-refractivity contribution in [1.82, 2.24) is 4.98 Å². The van der Waals surface area contributed by atoms with Crippen LogP contribution < -0.4 is 0 Å². The molecule has 27 heavy (non-hydrogen) atoms. The summed E-state index contributed by atoms with van der Waals surface area (Å²) in [4.78, 5) is 21.5. The van der Waals surface area contributed by atoms with Crippen LogP contribution in [0.4, 0.5) is 0 Å². The van der Waals surface area contributed by atoms with Crippen molar-refractivity contribution < 1.29 is 14.6 Å². The first-order valence-corrected chi connectivity index (χ1v) is 9.33. The third kappa shape index (κ3) is 4.61. The fourth-order valence-corrected chi connectivity index (χ4v) is 3.43. The van der Waals surface area contributed by atoms with E-state index in [4.69, 9.17) is 4.74 Å². The van der Waals surface area contributed by atoms with Gasteiger partial charge in [-0.15, -0.1) is 0 Å². The standard InChI is InChI=1S/C22H26N2O3/c1-4-27-21-19-14-23-17(10-16(19)13-24-21)11-18(25)12-20(22(2,3)26)15-8-6-5-7-9-15/h5-10,14,20,26H,4,11-13H2,1-3H3/t20-/m0/s1. The lowest BCUT2D eigenvalue weighted by atomic mass is 9.80. The first-order valence-electron chi connectivity index (χ1n) is 9.33. The minimum Gasteiger partial charge on any atom is -0.478 e. The average molecular weight is 366 g/mol. The Hall–Kier alpha value is -2.53. The molecule has 5 heteroatoms. The van der Waals surface area contributed by atoms with E-state index >= 15 is 0 Å². The van der Waals surface area contributed by atoms with Crippen LogP contribution in [0.25, 0.3) is 0 Å². The van der Waals surface area contributed by atoms with Gasteiger partial charge in [0, 0.05) is 30.7 Å². The van der Waals surface area contributed by atoms with Gasteiger partial charge in [0.1, 0.15) is 5.78 Å². The van der Waals surface area contributed by atoms with Gasteiger partial charge >= 0.3 is 0 Å². The summed E-state index contributed by atoms with van der Waals surface area (Å²) in [5.41, 5.74) is 2.66. The fourth-order valence-electron chi connectivity index (χ4n) is 3.43. The Morgan fingerprint density at radius 1 is 1.30 bits per heavy atom. The minimum atomic E-state index is -0.984. The normalized spacial score (nSPS) is 14.4. The molecule has 0 bridgehead atoms. The highest BCUT2D eigenvalue weighted by molar-refractivity contribution is 5.97. The van der Waals surface area contributed by atoms with E-state index in [9.17, 15) is 9.90 Å². The number of aliphatic hydroxyl groups is 1. The van der Waals surface area contributed by atoms with Gasteiger partial charge in [0.15, 0.2) is 0 Å². The second kappa shape index (κ2) is 8.01. The van der Waals surface area contributed by atoms with Gasteiger partial charge in [-0.25, -0.2) is 4.99 Å². The largest absolute Gasteiger partial charge is 0.478 e. The zero-order valence-electron chi connectivity index (χ0n) is 16.1. The van der Waals surface area contributed by atoms with Gasteiger partial charge in [0.2, 0.25) is 5.90 Å². The predicted molar refractivity (Wildman–Crippen MR) is 105 cm³/mol. The molecule has 3 rings (SSSR count). The third-order valence-electron chi connectivity index (χ3n) is 4.82. The summed E-state index contributed by atoms with van der Waals surface area (Å²) in [7, 11) is 0. The highest BCUT2D eigenvalue weighted by Crippen LogP contribution is 2.32. The van der Waals surface area contributed by atoms with Crippen LogP contribution in [-0.4, -0.2) is 34.0 Å². The zero-order valence-corrected chi connectivity index (χ0v) is 16.1. The van der Waals surface area contributed by atoms with Crippen molar-refractivity contribution in [2.24, 2.45) is 4.99 Å². The maximum Gasteiger partial charge on any atom is 0.218 e.